The molecule has 1 fully saturated rings. The van der Waals surface area contributed by atoms with Crippen LogP contribution in [-0.4, -0.2) is 16.2 Å². The van der Waals surface area contributed by atoms with Gasteiger partial charge in [-0.2, -0.15) is 5.10 Å². The quantitative estimate of drug-likeness (QED) is 0.826. The van der Waals surface area contributed by atoms with Gasteiger partial charge in [0.2, 0.25) is 0 Å². The van der Waals surface area contributed by atoms with Gasteiger partial charge in [-0.3, -0.25) is 5.10 Å². The lowest BCUT2D eigenvalue weighted by Gasteiger charge is -2.11. The molecular weight excluding hydrogens is 198 g/mol. The fraction of sp³-hybridized carbons (Fsp3) is 0.462. The van der Waals surface area contributed by atoms with Gasteiger partial charge in [0.25, 0.3) is 0 Å². The standard InChI is InChI=1S/C13H17N3/c1-2-4-12(3-1)14-8-10-5-6-13-11(7-10)9-15-16-13/h5-7,9,12,14H,1-4,8H2,(H,15,16). The Labute approximate surface area is 95.2 Å². The summed E-state index contributed by atoms with van der Waals surface area (Å²) in [6.45, 7) is 0.978. The molecule has 2 N–H and O–H groups in total. The minimum atomic E-state index is 0.736. The minimum absolute atomic E-state index is 0.736. The van der Waals surface area contributed by atoms with Crippen LogP contribution in [0.2, 0.25) is 0 Å². The summed E-state index contributed by atoms with van der Waals surface area (Å²) in [5.41, 5.74) is 2.46. The molecule has 0 amide bonds. The van der Waals surface area contributed by atoms with Crippen LogP contribution in [0.5, 0.6) is 0 Å². The van der Waals surface area contributed by atoms with Crippen LogP contribution in [0, 0.1) is 0 Å². The monoisotopic (exact) mass is 215 g/mol. The number of hydrogen-bond donors (Lipinski definition) is 2. The van der Waals surface area contributed by atoms with E-state index in [1.165, 1.54) is 36.6 Å². The molecule has 0 saturated heterocycles. The van der Waals surface area contributed by atoms with Gasteiger partial charge in [-0.1, -0.05) is 18.9 Å². The van der Waals surface area contributed by atoms with Gasteiger partial charge in [0, 0.05) is 18.0 Å². The molecule has 2 aromatic rings. The largest absolute Gasteiger partial charge is 0.310 e. The van der Waals surface area contributed by atoms with Gasteiger partial charge in [-0.15, -0.1) is 0 Å². The Morgan fingerprint density at radius 1 is 1.31 bits per heavy atom. The summed E-state index contributed by atoms with van der Waals surface area (Å²) in [6.07, 6.45) is 7.34. The second-order valence-corrected chi connectivity index (χ2v) is 4.65. The smallest absolute Gasteiger partial charge is 0.0650 e. The summed E-state index contributed by atoms with van der Waals surface area (Å²) < 4.78 is 0. The highest BCUT2D eigenvalue weighted by atomic mass is 15.1. The molecule has 1 saturated carbocycles. The Morgan fingerprint density at radius 3 is 3.06 bits per heavy atom. The Hall–Kier alpha value is -1.35. The first-order valence-corrected chi connectivity index (χ1v) is 6.07. The van der Waals surface area contributed by atoms with Crippen molar-refractivity contribution in [2.45, 2.75) is 38.3 Å². The first kappa shape index (κ1) is 9.85. The molecular formula is C13H17N3. The zero-order valence-corrected chi connectivity index (χ0v) is 9.37. The van der Waals surface area contributed by atoms with Gasteiger partial charge in [0.05, 0.1) is 11.7 Å². The molecule has 84 valence electrons. The maximum atomic E-state index is 4.03. The Kier molecular flexibility index (Phi) is 2.62. The van der Waals surface area contributed by atoms with Crippen molar-refractivity contribution >= 4 is 10.9 Å². The van der Waals surface area contributed by atoms with E-state index in [4.69, 9.17) is 0 Å². The highest BCUT2D eigenvalue weighted by molar-refractivity contribution is 5.78. The normalized spacial score (nSPS) is 17.2. The third-order valence-corrected chi connectivity index (χ3v) is 3.45. The molecule has 1 aromatic carbocycles. The molecule has 0 atom stereocenters. The lowest BCUT2D eigenvalue weighted by atomic mass is 10.1. The van der Waals surface area contributed by atoms with E-state index in [-0.39, 0.29) is 0 Å². The highest BCUT2D eigenvalue weighted by Crippen LogP contribution is 2.18. The van der Waals surface area contributed by atoms with Crippen molar-refractivity contribution in [1.29, 1.82) is 0 Å². The van der Waals surface area contributed by atoms with Crippen molar-refractivity contribution in [2.75, 3.05) is 0 Å². The summed E-state index contributed by atoms with van der Waals surface area (Å²) >= 11 is 0. The SMILES string of the molecule is c1cc2[nH]ncc2cc1CNC1CCCC1. The predicted octanol–water partition coefficient (Wildman–Crippen LogP) is 2.60. The molecule has 0 radical (unpaired) electrons. The summed E-state index contributed by atoms with van der Waals surface area (Å²) in [4.78, 5) is 0. The molecule has 1 heterocycles. The van der Waals surface area contributed by atoms with Gasteiger partial charge < -0.3 is 5.32 Å². The highest BCUT2D eigenvalue weighted by Gasteiger charge is 2.13. The lowest BCUT2D eigenvalue weighted by molar-refractivity contribution is 0.524. The van der Waals surface area contributed by atoms with Crippen molar-refractivity contribution in [3.05, 3.63) is 30.0 Å². The fourth-order valence-electron chi connectivity index (χ4n) is 2.49. The number of benzene rings is 1. The van der Waals surface area contributed by atoms with Crippen molar-refractivity contribution in [3.63, 3.8) is 0 Å². The van der Waals surface area contributed by atoms with Crippen molar-refractivity contribution in [3.8, 4) is 0 Å². The molecule has 0 aliphatic heterocycles. The summed E-state index contributed by atoms with van der Waals surface area (Å²) in [5.74, 6) is 0. The zero-order valence-electron chi connectivity index (χ0n) is 9.37. The van der Waals surface area contributed by atoms with Gasteiger partial charge in [-0.25, -0.2) is 0 Å². The van der Waals surface area contributed by atoms with E-state index in [0.29, 0.717) is 0 Å². The van der Waals surface area contributed by atoms with Crippen molar-refractivity contribution in [2.24, 2.45) is 0 Å². The molecule has 0 spiro atoms. The van der Waals surface area contributed by atoms with Gasteiger partial charge in [0.15, 0.2) is 0 Å². The maximum Gasteiger partial charge on any atom is 0.0650 e. The first-order chi connectivity index (χ1) is 7.92. The summed E-state index contributed by atoms with van der Waals surface area (Å²) in [6, 6.07) is 7.22. The summed E-state index contributed by atoms with van der Waals surface area (Å²) in [7, 11) is 0. The van der Waals surface area contributed by atoms with E-state index in [9.17, 15) is 0 Å². The van der Waals surface area contributed by atoms with E-state index in [0.717, 1.165) is 18.1 Å². The van der Waals surface area contributed by atoms with Crippen LogP contribution in [0.4, 0.5) is 0 Å². The van der Waals surface area contributed by atoms with E-state index in [1.54, 1.807) is 0 Å². The Morgan fingerprint density at radius 2 is 2.19 bits per heavy atom. The number of aromatic amines is 1. The molecule has 3 nitrogen and oxygen atoms in total. The fourth-order valence-corrected chi connectivity index (χ4v) is 2.49. The molecule has 1 aliphatic rings. The van der Waals surface area contributed by atoms with Crippen LogP contribution in [0.25, 0.3) is 10.9 Å². The van der Waals surface area contributed by atoms with Crippen LogP contribution in [0.1, 0.15) is 31.2 Å². The van der Waals surface area contributed by atoms with E-state index in [2.05, 4.69) is 33.7 Å². The van der Waals surface area contributed by atoms with Crippen molar-refractivity contribution in [1.82, 2.24) is 15.5 Å². The van der Waals surface area contributed by atoms with Gasteiger partial charge in [-0.05, 0) is 30.5 Å². The molecule has 16 heavy (non-hydrogen) atoms. The first-order valence-electron chi connectivity index (χ1n) is 6.07. The minimum Gasteiger partial charge on any atom is -0.310 e. The van der Waals surface area contributed by atoms with Crippen LogP contribution < -0.4 is 5.32 Å². The number of hydrogen-bond acceptors (Lipinski definition) is 2. The molecule has 0 unspecified atom stereocenters. The van der Waals surface area contributed by atoms with Crippen molar-refractivity contribution < 1.29 is 0 Å². The number of nitrogens with zero attached hydrogens (tertiary/aromatic N) is 1. The van der Waals surface area contributed by atoms with Gasteiger partial charge >= 0.3 is 0 Å². The number of H-pyrrole nitrogens is 1. The average molecular weight is 215 g/mol. The van der Waals surface area contributed by atoms with Crippen LogP contribution in [0.3, 0.4) is 0 Å². The number of aromatic nitrogens is 2. The van der Waals surface area contributed by atoms with Crippen LogP contribution in [0.15, 0.2) is 24.4 Å². The van der Waals surface area contributed by atoms with E-state index < -0.39 is 0 Å². The van der Waals surface area contributed by atoms with Crippen LogP contribution >= 0.6 is 0 Å². The second kappa shape index (κ2) is 4.26. The Balaban J connectivity index is 1.68. The van der Waals surface area contributed by atoms with E-state index >= 15 is 0 Å². The molecule has 1 aromatic heterocycles. The van der Waals surface area contributed by atoms with Crippen LogP contribution in [-0.2, 0) is 6.54 Å². The Bertz CT molecular complexity index is 469. The second-order valence-electron chi connectivity index (χ2n) is 4.65. The molecule has 3 heteroatoms. The van der Waals surface area contributed by atoms with E-state index in [1.807, 2.05) is 6.20 Å². The zero-order chi connectivity index (χ0) is 10.8. The maximum absolute atomic E-state index is 4.03. The predicted molar refractivity (Wildman–Crippen MR) is 65.2 cm³/mol. The number of fused-ring (bicyclic) bond motifs is 1. The third kappa shape index (κ3) is 1.95. The molecule has 0 bridgehead atoms. The third-order valence-electron chi connectivity index (χ3n) is 3.45. The molecule has 3 rings (SSSR count). The summed E-state index contributed by atoms with van der Waals surface area (Å²) in [5, 5.41) is 11.8. The topological polar surface area (TPSA) is 40.7 Å². The lowest BCUT2D eigenvalue weighted by Crippen LogP contribution is -2.25. The average Bonchev–Trinajstić information content (AvgIpc) is 2.97. The molecule has 1 aliphatic carbocycles. The number of nitrogens with one attached hydrogen (secondary N) is 2. The number of rotatable bonds is 3. The van der Waals surface area contributed by atoms with Gasteiger partial charge in [0.1, 0.15) is 0 Å².